The van der Waals surface area contributed by atoms with E-state index < -0.39 is 18.4 Å². The first-order valence-corrected chi connectivity index (χ1v) is 22.8. The third-order valence-corrected chi connectivity index (χ3v) is 29.1. The predicted molar refractivity (Wildman–Crippen MR) is 139 cm³/mol. The molecule has 0 spiro atoms. The Kier molecular flexibility index (Phi) is 13.0. The van der Waals surface area contributed by atoms with Gasteiger partial charge in [-0.25, -0.2) is 0 Å². The number of hydrogen-bond acceptors (Lipinski definition) is 3. The summed E-state index contributed by atoms with van der Waals surface area (Å²) < 4.78 is 6.90. The minimum absolute atomic E-state index is 1.33. The Labute approximate surface area is 192 Å². The Morgan fingerprint density at radius 1 is 0.750 bits per heavy atom. The Bertz CT molecular complexity index is 531. The molecule has 28 heavy (non-hydrogen) atoms. The summed E-state index contributed by atoms with van der Waals surface area (Å²) in [6, 6.07) is 0. The van der Waals surface area contributed by atoms with E-state index in [1.54, 1.807) is 13.3 Å². The SMILES string of the molecule is CCCCCCc1s[c]([Sn]([CH2]CCC)([CH2]CCC)[CH2]CCC)c2c1CCSS2. The fourth-order valence-electron chi connectivity index (χ4n) is 4.60. The van der Waals surface area contributed by atoms with E-state index in [1.807, 2.05) is 18.2 Å². The normalized spacial score (nSPS) is 14.4. The van der Waals surface area contributed by atoms with E-state index >= 15 is 0 Å². The molecule has 0 N–H and O–H groups in total. The number of hydrogen-bond donors (Lipinski definition) is 0. The molecule has 0 bridgehead atoms. The van der Waals surface area contributed by atoms with Crippen molar-refractivity contribution in [2.75, 3.05) is 5.75 Å². The van der Waals surface area contributed by atoms with Crippen LogP contribution in [0.15, 0.2) is 4.90 Å². The maximum atomic E-state index is 2.41. The van der Waals surface area contributed by atoms with Crippen LogP contribution in [0.1, 0.15) is 102 Å². The molecule has 0 aliphatic carbocycles. The van der Waals surface area contributed by atoms with Gasteiger partial charge in [-0.05, 0) is 0 Å². The van der Waals surface area contributed by atoms with E-state index in [9.17, 15) is 0 Å². The van der Waals surface area contributed by atoms with Crippen LogP contribution in [0.25, 0.3) is 0 Å². The molecule has 1 aromatic heterocycles. The van der Waals surface area contributed by atoms with Crippen molar-refractivity contribution in [1.29, 1.82) is 0 Å². The van der Waals surface area contributed by atoms with Crippen LogP contribution in [-0.2, 0) is 12.8 Å². The summed E-state index contributed by atoms with van der Waals surface area (Å²) in [5.74, 6) is 1.33. The summed E-state index contributed by atoms with van der Waals surface area (Å²) in [4.78, 5) is 3.64. The molecule has 1 aliphatic rings. The first-order valence-electron chi connectivity index (χ1n) is 12.2. The van der Waals surface area contributed by atoms with E-state index in [0.717, 1.165) is 0 Å². The second-order valence-electron chi connectivity index (χ2n) is 8.72. The summed E-state index contributed by atoms with van der Waals surface area (Å²) in [6.07, 6.45) is 16.9. The molecule has 0 unspecified atom stereocenters. The molecule has 1 aromatic rings. The van der Waals surface area contributed by atoms with E-state index in [0.29, 0.717) is 0 Å². The molecule has 1 aliphatic heterocycles. The number of fused-ring (bicyclic) bond motifs is 1. The van der Waals surface area contributed by atoms with Crippen LogP contribution in [0.3, 0.4) is 0 Å². The molecule has 0 amide bonds. The average molecular weight is 548 g/mol. The molecule has 0 saturated heterocycles. The van der Waals surface area contributed by atoms with Gasteiger partial charge < -0.3 is 0 Å². The average Bonchev–Trinajstić information content (AvgIpc) is 3.10. The van der Waals surface area contributed by atoms with Gasteiger partial charge in [0.05, 0.1) is 0 Å². The predicted octanol–water partition coefficient (Wildman–Crippen LogP) is 9.22. The van der Waals surface area contributed by atoms with Gasteiger partial charge in [-0.3, -0.25) is 0 Å². The second-order valence-corrected chi connectivity index (χ2v) is 26.3. The summed E-state index contributed by atoms with van der Waals surface area (Å²) in [5.41, 5.74) is 1.82. The van der Waals surface area contributed by atoms with Crippen LogP contribution in [0, 0.1) is 0 Å². The van der Waals surface area contributed by atoms with Gasteiger partial charge in [0.1, 0.15) is 0 Å². The molecular weight excluding hydrogens is 503 g/mol. The molecule has 162 valence electrons. The third kappa shape index (κ3) is 7.12. The van der Waals surface area contributed by atoms with E-state index in [2.05, 4.69) is 60.6 Å². The number of rotatable bonds is 15. The van der Waals surface area contributed by atoms with Crippen LogP contribution < -0.4 is 2.89 Å². The summed E-state index contributed by atoms with van der Waals surface area (Å²) in [7, 11) is 4.33. The monoisotopic (exact) mass is 548 g/mol. The Morgan fingerprint density at radius 2 is 1.36 bits per heavy atom. The Balaban J connectivity index is 2.37. The topological polar surface area (TPSA) is 0 Å². The van der Waals surface area contributed by atoms with Crippen molar-refractivity contribution in [3.05, 3.63) is 10.4 Å². The van der Waals surface area contributed by atoms with Crippen molar-refractivity contribution in [1.82, 2.24) is 0 Å². The van der Waals surface area contributed by atoms with Crippen molar-refractivity contribution in [2.24, 2.45) is 0 Å². The zero-order valence-corrected chi connectivity index (χ0v) is 24.3. The second kappa shape index (κ2) is 14.3. The fraction of sp³-hybridized carbons (Fsp3) is 0.833. The van der Waals surface area contributed by atoms with Gasteiger partial charge in [0.25, 0.3) is 0 Å². The first-order chi connectivity index (χ1) is 13.7. The fourth-order valence-corrected chi connectivity index (χ4v) is 30.8. The molecule has 0 saturated carbocycles. The molecule has 0 atom stereocenters. The molecule has 0 radical (unpaired) electrons. The van der Waals surface area contributed by atoms with Gasteiger partial charge in [0.2, 0.25) is 0 Å². The van der Waals surface area contributed by atoms with Crippen LogP contribution in [0.2, 0.25) is 13.3 Å². The number of unbranched alkanes of at least 4 members (excludes halogenated alkanes) is 6. The quantitative estimate of drug-likeness (QED) is 0.122. The van der Waals surface area contributed by atoms with Gasteiger partial charge in [0, 0.05) is 0 Å². The van der Waals surface area contributed by atoms with E-state index in [1.165, 1.54) is 82.8 Å². The van der Waals surface area contributed by atoms with E-state index in [4.69, 9.17) is 0 Å². The number of thiophene rings is 1. The zero-order valence-electron chi connectivity index (χ0n) is 19.0. The molecule has 2 heterocycles. The van der Waals surface area contributed by atoms with Gasteiger partial charge in [-0.15, -0.1) is 0 Å². The molecular formula is C24H44S3Sn. The first kappa shape index (κ1) is 25.5. The Morgan fingerprint density at radius 3 is 1.93 bits per heavy atom. The van der Waals surface area contributed by atoms with Crippen molar-refractivity contribution < 1.29 is 0 Å². The summed E-state index contributed by atoms with van der Waals surface area (Å²) >= 11 is 0.0534. The standard InChI is InChI=1S/C12H17S3.3C4H9.Sn/c1-2-3-4-5-6-11-10-7-8-14-15-12(10)9-13-11;3*1-3-4-2;/h2-8H2,1H3;3*1,3-4H2,2H3;. The number of aryl methyl sites for hydroxylation is 1. The van der Waals surface area contributed by atoms with Crippen molar-refractivity contribution in [3.63, 3.8) is 0 Å². The van der Waals surface area contributed by atoms with Crippen LogP contribution in [0.5, 0.6) is 0 Å². The zero-order chi connectivity index (χ0) is 20.2. The molecule has 0 nitrogen and oxygen atoms in total. The van der Waals surface area contributed by atoms with Crippen molar-refractivity contribution in [3.8, 4) is 0 Å². The van der Waals surface area contributed by atoms with Crippen molar-refractivity contribution in [2.45, 2.75) is 123 Å². The Hall–Kier alpha value is 1.20. The van der Waals surface area contributed by atoms with Crippen molar-refractivity contribution >= 4 is 54.2 Å². The van der Waals surface area contributed by atoms with Gasteiger partial charge >= 0.3 is 193 Å². The molecule has 4 heteroatoms. The minimum atomic E-state index is -2.30. The molecule has 0 aromatic carbocycles. The van der Waals surface area contributed by atoms with E-state index in [-0.39, 0.29) is 0 Å². The molecule has 0 fully saturated rings. The van der Waals surface area contributed by atoms with Gasteiger partial charge in [0.15, 0.2) is 0 Å². The van der Waals surface area contributed by atoms with Crippen LogP contribution in [-0.4, -0.2) is 24.1 Å². The molecule has 2 rings (SSSR count). The third-order valence-electron chi connectivity index (χ3n) is 6.39. The van der Waals surface area contributed by atoms with Crippen LogP contribution >= 0.6 is 32.9 Å². The van der Waals surface area contributed by atoms with Gasteiger partial charge in [-0.1, -0.05) is 0 Å². The maximum absolute atomic E-state index is 2.41. The van der Waals surface area contributed by atoms with Gasteiger partial charge in [-0.2, -0.15) is 0 Å². The van der Waals surface area contributed by atoms with Crippen LogP contribution in [0.4, 0.5) is 0 Å². The summed E-state index contributed by atoms with van der Waals surface area (Å²) in [5, 5.41) is 0. The summed E-state index contributed by atoms with van der Waals surface area (Å²) in [6.45, 7) is 9.55.